The maximum absolute atomic E-state index is 14.4. The van der Waals surface area contributed by atoms with Gasteiger partial charge in [0.2, 0.25) is 6.79 Å². The lowest BCUT2D eigenvalue weighted by atomic mass is 10.2. The van der Waals surface area contributed by atoms with Crippen LogP contribution in [0.1, 0.15) is 12.5 Å². The fourth-order valence-electron chi connectivity index (χ4n) is 3.01. The van der Waals surface area contributed by atoms with Gasteiger partial charge in [-0.3, -0.25) is 9.59 Å². The predicted molar refractivity (Wildman–Crippen MR) is 109 cm³/mol. The Balaban J connectivity index is 1.69. The van der Waals surface area contributed by atoms with Gasteiger partial charge in [0.05, 0.1) is 16.8 Å². The quantitative estimate of drug-likeness (QED) is 0.443. The first-order valence-corrected chi connectivity index (χ1v) is 10.1. The molecule has 0 fully saturated rings. The second kappa shape index (κ2) is 8.68. The molecule has 0 atom stereocenters. The van der Waals surface area contributed by atoms with Gasteiger partial charge in [-0.15, -0.1) is 0 Å². The van der Waals surface area contributed by atoms with Crippen molar-refractivity contribution in [3.63, 3.8) is 0 Å². The molecule has 10 heteroatoms. The van der Waals surface area contributed by atoms with Crippen LogP contribution in [0.5, 0.6) is 11.5 Å². The van der Waals surface area contributed by atoms with E-state index in [0.717, 1.165) is 17.4 Å². The first-order valence-electron chi connectivity index (χ1n) is 9.25. The number of ether oxygens (including phenoxy) is 3. The Kier molecular flexibility index (Phi) is 5.81. The Morgan fingerprint density at radius 2 is 2.03 bits per heavy atom. The van der Waals surface area contributed by atoms with E-state index >= 15 is 0 Å². The van der Waals surface area contributed by atoms with E-state index in [1.54, 1.807) is 25.1 Å². The third kappa shape index (κ3) is 4.48. The normalized spacial score (nSPS) is 13.3. The number of carbonyl (C=O) groups excluding carboxylic acids is 2. The summed E-state index contributed by atoms with van der Waals surface area (Å²) in [6.07, 6.45) is 2.77. The lowest BCUT2D eigenvalue weighted by Gasteiger charge is -2.05. The van der Waals surface area contributed by atoms with Crippen molar-refractivity contribution in [1.29, 1.82) is 0 Å². The zero-order valence-corrected chi connectivity index (χ0v) is 17.1. The first kappa shape index (κ1) is 20.7. The number of aromatic nitrogens is 1. The van der Waals surface area contributed by atoms with E-state index in [9.17, 15) is 18.4 Å². The van der Waals surface area contributed by atoms with Crippen LogP contribution in [0.2, 0.25) is 0 Å². The lowest BCUT2D eigenvalue weighted by molar-refractivity contribution is -0.143. The van der Waals surface area contributed by atoms with Crippen LogP contribution in [0, 0.1) is 11.6 Å². The average Bonchev–Trinajstić information content (AvgIpc) is 3.31. The third-order valence-corrected chi connectivity index (χ3v) is 5.33. The lowest BCUT2D eigenvalue weighted by Crippen LogP contribution is -2.23. The van der Waals surface area contributed by atoms with Crippen molar-refractivity contribution >= 4 is 39.5 Å². The van der Waals surface area contributed by atoms with Crippen molar-refractivity contribution in [2.45, 2.75) is 13.5 Å². The minimum atomic E-state index is -0.861. The van der Waals surface area contributed by atoms with Crippen molar-refractivity contribution in [3.8, 4) is 11.5 Å². The average molecular weight is 446 g/mol. The summed E-state index contributed by atoms with van der Waals surface area (Å²) in [6, 6.07) is 7.01. The van der Waals surface area contributed by atoms with Gasteiger partial charge in [0.15, 0.2) is 22.1 Å². The van der Waals surface area contributed by atoms with Gasteiger partial charge in [-0.1, -0.05) is 17.4 Å². The standard InChI is InChI=1S/C21H16F2N2O5S/c1-2-28-19(27)10-25-20-14(23)8-13(22)9-17(20)31-21(25)24-18(26)6-4-12-3-5-15-16(7-12)30-11-29-15/h3-9H,2,10-11H2,1H3/b6-4-,24-21?. The largest absolute Gasteiger partial charge is 0.465 e. The monoisotopic (exact) mass is 446 g/mol. The molecule has 1 aliphatic rings. The topological polar surface area (TPSA) is 79.1 Å². The third-order valence-electron chi connectivity index (χ3n) is 4.31. The van der Waals surface area contributed by atoms with Crippen LogP contribution in [0.25, 0.3) is 16.3 Å². The summed E-state index contributed by atoms with van der Waals surface area (Å²) in [6.45, 7) is 1.55. The molecule has 2 aromatic carbocycles. The molecule has 0 N–H and O–H groups in total. The highest BCUT2D eigenvalue weighted by Crippen LogP contribution is 2.32. The van der Waals surface area contributed by atoms with Gasteiger partial charge in [-0.05, 0) is 36.8 Å². The Hall–Kier alpha value is -3.53. The molecule has 4 rings (SSSR count). The van der Waals surface area contributed by atoms with E-state index in [-0.39, 0.29) is 35.0 Å². The molecule has 3 aromatic rings. The molecular formula is C21H16F2N2O5S. The molecule has 0 radical (unpaired) electrons. The summed E-state index contributed by atoms with van der Waals surface area (Å²) < 4.78 is 44.9. The molecule has 31 heavy (non-hydrogen) atoms. The Morgan fingerprint density at radius 1 is 1.23 bits per heavy atom. The molecule has 1 amide bonds. The Labute approximate surface area is 178 Å². The van der Waals surface area contributed by atoms with Crippen LogP contribution < -0.4 is 14.3 Å². The SMILES string of the molecule is CCOC(=O)Cn1c(=NC(=O)/C=C\c2ccc3c(c2)OCO3)sc2cc(F)cc(F)c21. The fourth-order valence-corrected chi connectivity index (χ4v) is 4.09. The summed E-state index contributed by atoms with van der Waals surface area (Å²) in [7, 11) is 0. The van der Waals surface area contributed by atoms with E-state index in [4.69, 9.17) is 14.2 Å². The van der Waals surface area contributed by atoms with E-state index in [1.807, 2.05) is 0 Å². The molecule has 1 aromatic heterocycles. The van der Waals surface area contributed by atoms with Crippen LogP contribution in [-0.4, -0.2) is 29.8 Å². The summed E-state index contributed by atoms with van der Waals surface area (Å²) in [5.74, 6) is -1.71. The summed E-state index contributed by atoms with van der Waals surface area (Å²) in [5.41, 5.74) is 0.669. The van der Waals surface area contributed by atoms with E-state index in [0.29, 0.717) is 23.1 Å². The highest BCUT2D eigenvalue weighted by molar-refractivity contribution is 7.16. The van der Waals surface area contributed by atoms with Gasteiger partial charge >= 0.3 is 5.97 Å². The number of amides is 1. The van der Waals surface area contributed by atoms with Crippen LogP contribution in [0.3, 0.4) is 0 Å². The molecule has 0 saturated carbocycles. The van der Waals surface area contributed by atoms with E-state index in [2.05, 4.69) is 4.99 Å². The Morgan fingerprint density at radius 3 is 2.84 bits per heavy atom. The minimum Gasteiger partial charge on any atom is -0.465 e. The number of hydrogen-bond acceptors (Lipinski definition) is 6. The van der Waals surface area contributed by atoms with Gasteiger partial charge in [0.25, 0.3) is 5.91 Å². The van der Waals surface area contributed by atoms with Gasteiger partial charge in [-0.25, -0.2) is 8.78 Å². The van der Waals surface area contributed by atoms with Gasteiger partial charge in [-0.2, -0.15) is 4.99 Å². The number of hydrogen-bond donors (Lipinski definition) is 0. The highest BCUT2D eigenvalue weighted by atomic mass is 32.1. The summed E-state index contributed by atoms with van der Waals surface area (Å²) in [4.78, 5) is 28.4. The van der Waals surface area contributed by atoms with Crippen LogP contribution in [0.4, 0.5) is 8.78 Å². The molecular weight excluding hydrogens is 430 g/mol. The molecule has 160 valence electrons. The van der Waals surface area contributed by atoms with Crippen molar-refractivity contribution in [2.75, 3.05) is 13.4 Å². The van der Waals surface area contributed by atoms with Gasteiger partial charge in [0, 0.05) is 12.1 Å². The van der Waals surface area contributed by atoms with Gasteiger partial charge in [0.1, 0.15) is 12.4 Å². The second-order valence-electron chi connectivity index (χ2n) is 6.41. The molecule has 0 aliphatic carbocycles. The number of fused-ring (bicyclic) bond motifs is 2. The molecule has 2 heterocycles. The molecule has 1 aliphatic heterocycles. The number of esters is 1. The second-order valence-corrected chi connectivity index (χ2v) is 7.42. The smallest absolute Gasteiger partial charge is 0.326 e. The minimum absolute atomic E-state index is 0.0225. The number of halogens is 2. The van der Waals surface area contributed by atoms with Crippen molar-refractivity contribution < 1.29 is 32.6 Å². The molecule has 0 spiro atoms. The van der Waals surface area contributed by atoms with E-state index < -0.39 is 23.5 Å². The fraction of sp³-hybridized carbons (Fsp3) is 0.190. The number of nitrogens with zero attached hydrogens (tertiary/aromatic N) is 2. The van der Waals surface area contributed by atoms with Crippen LogP contribution in [-0.2, 0) is 20.9 Å². The van der Waals surface area contributed by atoms with Crippen molar-refractivity contribution in [2.24, 2.45) is 4.99 Å². The molecule has 7 nitrogen and oxygen atoms in total. The maximum atomic E-state index is 14.4. The zero-order chi connectivity index (χ0) is 22.0. The first-order chi connectivity index (χ1) is 14.9. The maximum Gasteiger partial charge on any atom is 0.326 e. The van der Waals surface area contributed by atoms with Crippen LogP contribution >= 0.6 is 11.3 Å². The van der Waals surface area contributed by atoms with Crippen molar-refractivity contribution in [1.82, 2.24) is 4.57 Å². The number of rotatable bonds is 5. The number of benzene rings is 2. The molecule has 0 unspecified atom stereocenters. The Bertz CT molecular complexity index is 1280. The molecule has 0 bridgehead atoms. The van der Waals surface area contributed by atoms with Crippen LogP contribution in [0.15, 0.2) is 41.4 Å². The molecule has 0 saturated heterocycles. The summed E-state index contributed by atoms with van der Waals surface area (Å²) >= 11 is 0.896. The number of carbonyl (C=O) groups is 2. The predicted octanol–water partition coefficient (Wildman–Crippen LogP) is 3.41. The number of thiazole rings is 1. The van der Waals surface area contributed by atoms with Gasteiger partial charge < -0.3 is 18.8 Å². The van der Waals surface area contributed by atoms with E-state index in [1.165, 1.54) is 16.7 Å². The zero-order valence-electron chi connectivity index (χ0n) is 16.3. The van der Waals surface area contributed by atoms with Crippen molar-refractivity contribution in [3.05, 3.63) is 58.4 Å². The summed E-state index contributed by atoms with van der Waals surface area (Å²) in [5, 5.41) is 0. The highest BCUT2D eigenvalue weighted by Gasteiger charge is 2.17.